The third-order valence-electron chi connectivity index (χ3n) is 2.04. The van der Waals surface area contributed by atoms with Gasteiger partial charge in [0.05, 0.1) is 0 Å². The minimum absolute atomic E-state index is 0.0584. The van der Waals surface area contributed by atoms with Crippen LogP contribution in [0.1, 0.15) is 18.1 Å². The number of nitrogens with one attached hydrogen (secondary N) is 1. The highest BCUT2D eigenvalue weighted by atomic mass is 16.2. The Morgan fingerprint density at radius 2 is 2.33 bits per heavy atom. The quantitative estimate of drug-likeness (QED) is 0.670. The molecule has 74 valence electrons. The van der Waals surface area contributed by atoms with Crippen molar-refractivity contribution in [3.8, 4) is 11.8 Å². The van der Waals surface area contributed by atoms with Crippen LogP contribution in [0.25, 0.3) is 0 Å². The maximum atomic E-state index is 11.0. The first kappa shape index (κ1) is 9.47. The summed E-state index contributed by atoms with van der Waals surface area (Å²) < 4.78 is 0. The Bertz CT molecular complexity index is 492. The minimum atomic E-state index is -0.0584. The van der Waals surface area contributed by atoms with Crippen molar-refractivity contribution in [1.82, 2.24) is 5.32 Å². The summed E-state index contributed by atoms with van der Waals surface area (Å²) in [5.74, 6) is 6.38. The molecule has 0 spiro atoms. The Morgan fingerprint density at radius 1 is 1.47 bits per heavy atom. The van der Waals surface area contributed by atoms with Crippen molar-refractivity contribution in [3.05, 3.63) is 35.4 Å². The standard InChI is InChI=1S/C12H10N2O/c1-2-4-9-5-3-6-10(7-9)12-13-8-11(15)14-12/h3,5-7H,8H2,1H3,(H,13,14,15). The molecule has 1 aliphatic rings. The van der Waals surface area contributed by atoms with Gasteiger partial charge in [0, 0.05) is 11.1 Å². The summed E-state index contributed by atoms with van der Waals surface area (Å²) >= 11 is 0. The van der Waals surface area contributed by atoms with Gasteiger partial charge in [0.1, 0.15) is 12.4 Å². The summed E-state index contributed by atoms with van der Waals surface area (Å²) in [6, 6.07) is 7.66. The van der Waals surface area contributed by atoms with Gasteiger partial charge in [0.15, 0.2) is 0 Å². The molecule has 0 radical (unpaired) electrons. The van der Waals surface area contributed by atoms with E-state index in [0.29, 0.717) is 5.84 Å². The first-order valence-corrected chi connectivity index (χ1v) is 4.67. The van der Waals surface area contributed by atoms with E-state index in [1.54, 1.807) is 6.92 Å². The molecule has 15 heavy (non-hydrogen) atoms. The van der Waals surface area contributed by atoms with Crippen LogP contribution in [0.4, 0.5) is 0 Å². The van der Waals surface area contributed by atoms with E-state index < -0.39 is 0 Å². The highest BCUT2D eigenvalue weighted by Gasteiger charge is 2.14. The molecular formula is C12H10N2O. The molecule has 0 saturated carbocycles. The first-order chi connectivity index (χ1) is 7.29. The Hall–Kier alpha value is -2.08. The highest BCUT2D eigenvalue weighted by Crippen LogP contribution is 2.06. The van der Waals surface area contributed by atoms with Crippen molar-refractivity contribution in [2.75, 3.05) is 6.54 Å². The van der Waals surface area contributed by atoms with Crippen LogP contribution in [0.2, 0.25) is 0 Å². The third kappa shape index (κ3) is 2.05. The zero-order chi connectivity index (χ0) is 10.7. The number of nitrogens with zero attached hydrogens (tertiary/aromatic N) is 1. The maximum absolute atomic E-state index is 11.0. The van der Waals surface area contributed by atoms with E-state index in [2.05, 4.69) is 22.2 Å². The van der Waals surface area contributed by atoms with E-state index in [1.165, 1.54) is 0 Å². The van der Waals surface area contributed by atoms with Crippen LogP contribution in [0.3, 0.4) is 0 Å². The molecule has 1 aliphatic heterocycles. The number of rotatable bonds is 1. The Labute approximate surface area is 88.2 Å². The molecule has 0 fully saturated rings. The molecule has 2 rings (SSSR count). The van der Waals surface area contributed by atoms with Crippen LogP contribution in [0.15, 0.2) is 29.3 Å². The second-order valence-electron chi connectivity index (χ2n) is 3.17. The summed E-state index contributed by atoms with van der Waals surface area (Å²) in [5.41, 5.74) is 1.83. The molecule has 0 unspecified atom stereocenters. The van der Waals surface area contributed by atoms with Crippen molar-refractivity contribution in [3.63, 3.8) is 0 Å². The fourth-order valence-electron chi connectivity index (χ4n) is 1.41. The van der Waals surface area contributed by atoms with Gasteiger partial charge in [-0.15, -0.1) is 5.92 Å². The first-order valence-electron chi connectivity index (χ1n) is 4.67. The minimum Gasteiger partial charge on any atom is -0.309 e. The third-order valence-corrected chi connectivity index (χ3v) is 2.04. The van der Waals surface area contributed by atoms with Crippen LogP contribution in [-0.4, -0.2) is 18.3 Å². The van der Waals surface area contributed by atoms with E-state index in [0.717, 1.165) is 11.1 Å². The lowest BCUT2D eigenvalue weighted by Crippen LogP contribution is -2.25. The van der Waals surface area contributed by atoms with E-state index in [-0.39, 0.29) is 12.5 Å². The zero-order valence-corrected chi connectivity index (χ0v) is 8.37. The summed E-state index contributed by atoms with van der Waals surface area (Å²) in [7, 11) is 0. The zero-order valence-electron chi connectivity index (χ0n) is 8.37. The second kappa shape index (κ2) is 3.97. The van der Waals surface area contributed by atoms with Crippen LogP contribution in [-0.2, 0) is 4.79 Å². The molecule has 1 aromatic rings. The van der Waals surface area contributed by atoms with E-state index in [4.69, 9.17) is 0 Å². The molecule has 0 bridgehead atoms. The molecule has 0 aliphatic carbocycles. The van der Waals surface area contributed by atoms with E-state index in [1.807, 2.05) is 24.3 Å². The van der Waals surface area contributed by atoms with Crippen LogP contribution >= 0.6 is 0 Å². The SMILES string of the molecule is CC#Cc1cccc(C2=NCC(=O)N2)c1. The van der Waals surface area contributed by atoms with Crippen molar-refractivity contribution < 1.29 is 4.79 Å². The van der Waals surface area contributed by atoms with E-state index in [9.17, 15) is 4.79 Å². The van der Waals surface area contributed by atoms with Gasteiger partial charge in [0.25, 0.3) is 0 Å². The summed E-state index contributed by atoms with van der Waals surface area (Å²) in [6.45, 7) is 2.01. The van der Waals surface area contributed by atoms with Crippen LogP contribution in [0, 0.1) is 11.8 Å². The van der Waals surface area contributed by atoms with Crippen molar-refractivity contribution in [1.29, 1.82) is 0 Å². The van der Waals surface area contributed by atoms with Gasteiger partial charge in [-0.25, -0.2) is 0 Å². The lowest BCUT2D eigenvalue weighted by molar-refractivity contribution is -0.117. The van der Waals surface area contributed by atoms with Crippen molar-refractivity contribution >= 4 is 11.7 Å². The van der Waals surface area contributed by atoms with Gasteiger partial charge in [0.2, 0.25) is 5.91 Å². The normalized spacial score (nSPS) is 13.9. The summed E-state index contributed by atoms with van der Waals surface area (Å²) in [5, 5.41) is 2.70. The number of carbonyl (C=O) groups excluding carboxylic acids is 1. The number of amides is 1. The Kier molecular flexibility index (Phi) is 2.51. The number of benzene rings is 1. The monoisotopic (exact) mass is 198 g/mol. The molecular weight excluding hydrogens is 188 g/mol. The lowest BCUT2D eigenvalue weighted by atomic mass is 10.1. The fourth-order valence-corrected chi connectivity index (χ4v) is 1.41. The Balaban J connectivity index is 2.32. The largest absolute Gasteiger partial charge is 0.309 e. The molecule has 0 atom stereocenters. The van der Waals surface area contributed by atoms with Gasteiger partial charge >= 0.3 is 0 Å². The molecule has 1 amide bonds. The number of amidine groups is 1. The van der Waals surface area contributed by atoms with Gasteiger partial charge < -0.3 is 5.32 Å². The lowest BCUT2D eigenvalue weighted by Gasteiger charge is -2.01. The highest BCUT2D eigenvalue weighted by molar-refractivity contribution is 6.12. The maximum Gasteiger partial charge on any atom is 0.247 e. The van der Waals surface area contributed by atoms with E-state index >= 15 is 0 Å². The molecule has 1 heterocycles. The molecule has 1 N–H and O–H groups in total. The predicted molar refractivity (Wildman–Crippen MR) is 58.5 cm³/mol. The Morgan fingerprint density at radius 3 is 3.00 bits per heavy atom. The van der Waals surface area contributed by atoms with Crippen molar-refractivity contribution in [2.24, 2.45) is 4.99 Å². The van der Waals surface area contributed by atoms with Crippen molar-refractivity contribution in [2.45, 2.75) is 6.92 Å². The molecule has 3 heteroatoms. The van der Waals surface area contributed by atoms with Gasteiger partial charge in [-0.05, 0) is 19.1 Å². The number of aliphatic imine (C=N–C) groups is 1. The van der Waals surface area contributed by atoms with Gasteiger partial charge in [-0.1, -0.05) is 18.1 Å². The number of hydrogen-bond acceptors (Lipinski definition) is 2. The fraction of sp³-hybridized carbons (Fsp3) is 0.167. The van der Waals surface area contributed by atoms with Crippen LogP contribution < -0.4 is 5.32 Å². The average Bonchev–Trinajstić information content (AvgIpc) is 2.66. The smallest absolute Gasteiger partial charge is 0.247 e. The van der Waals surface area contributed by atoms with Gasteiger partial charge in [-0.3, -0.25) is 9.79 Å². The predicted octanol–water partition coefficient (Wildman–Crippen LogP) is 0.934. The topological polar surface area (TPSA) is 41.5 Å². The second-order valence-corrected chi connectivity index (χ2v) is 3.17. The van der Waals surface area contributed by atoms with Gasteiger partial charge in [-0.2, -0.15) is 0 Å². The molecule has 0 aromatic heterocycles. The van der Waals surface area contributed by atoms with Crippen LogP contribution in [0.5, 0.6) is 0 Å². The summed E-state index contributed by atoms with van der Waals surface area (Å²) in [6.07, 6.45) is 0. The average molecular weight is 198 g/mol. The number of hydrogen-bond donors (Lipinski definition) is 1. The number of carbonyl (C=O) groups is 1. The molecule has 1 aromatic carbocycles. The molecule has 3 nitrogen and oxygen atoms in total. The molecule has 0 saturated heterocycles. The summed E-state index contributed by atoms with van der Waals surface area (Å²) in [4.78, 5) is 15.1.